The Morgan fingerprint density at radius 3 is 1.02 bits per heavy atom. The van der Waals surface area contributed by atoms with E-state index in [1.165, 1.54) is 182 Å². The van der Waals surface area contributed by atoms with Crippen LogP contribution >= 0.6 is 0 Å². The molecule has 4 atom stereocenters. The van der Waals surface area contributed by atoms with Crippen LogP contribution in [0.2, 0.25) is 0 Å². The van der Waals surface area contributed by atoms with Crippen LogP contribution in [0.25, 0.3) is 0 Å². The molecule has 0 aliphatic carbocycles. The minimum Gasteiger partial charge on any atom is -0.464 e. The highest BCUT2D eigenvalue weighted by molar-refractivity contribution is 5.83. The number of esters is 4. The van der Waals surface area contributed by atoms with E-state index >= 15 is 0 Å². The lowest BCUT2D eigenvalue weighted by molar-refractivity contribution is -0.172. The van der Waals surface area contributed by atoms with Crippen LogP contribution < -0.4 is 5.32 Å². The van der Waals surface area contributed by atoms with Crippen molar-refractivity contribution in [3.8, 4) is 0 Å². The van der Waals surface area contributed by atoms with Crippen molar-refractivity contribution in [1.29, 1.82) is 0 Å². The van der Waals surface area contributed by atoms with E-state index in [1.54, 1.807) is 0 Å². The molecule has 0 radical (unpaired) electrons. The van der Waals surface area contributed by atoms with E-state index in [-0.39, 0.29) is 6.61 Å². The van der Waals surface area contributed by atoms with Crippen molar-refractivity contribution in [1.82, 2.24) is 5.32 Å². The summed E-state index contributed by atoms with van der Waals surface area (Å²) in [5.74, 6) is -2.92. The van der Waals surface area contributed by atoms with Crippen molar-refractivity contribution >= 4 is 29.8 Å². The molecule has 0 aromatic heterocycles. The van der Waals surface area contributed by atoms with Crippen LogP contribution in [0.4, 0.5) is 0 Å². The summed E-state index contributed by atoms with van der Waals surface area (Å²) in [6, 6.07) is -1.04. The molecule has 0 aliphatic rings. The first-order chi connectivity index (χ1) is 29.0. The van der Waals surface area contributed by atoms with Crippen LogP contribution in [0, 0.1) is 0 Å². The first kappa shape index (κ1) is 57.3. The highest BCUT2D eigenvalue weighted by atomic mass is 16.6. The lowest BCUT2D eigenvalue weighted by Crippen LogP contribution is -2.56. The van der Waals surface area contributed by atoms with Crippen LogP contribution in [-0.2, 0) is 42.9 Å². The largest absolute Gasteiger partial charge is 0.464 e. The Bertz CT molecular complexity index is 1070. The molecule has 10 nitrogen and oxygen atoms in total. The number of carbonyl (C=O) groups is 5. The third-order valence-electron chi connectivity index (χ3n) is 11.4. The van der Waals surface area contributed by atoms with E-state index in [0.29, 0.717) is 19.3 Å². The van der Waals surface area contributed by atoms with Gasteiger partial charge in [0, 0.05) is 27.7 Å². The van der Waals surface area contributed by atoms with Gasteiger partial charge in [0.2, 0.25) is 0 Å². The highest BCUT2D eigenvalue weighted by Crippen LogP contribution is 2.21. The predicted molar refractivity (Wildman–Crippen MR) is 244 cm³/mol. The quantitative estimate of drug-likeness (QED) is 0.0361. The van der Waals surface area contributed by atoms with Crippen molar-refractivity contribution in [3.63, 3.8) is 0 Å². The summed E-state index contributed by atoms with van der Waals surface area (Å²) in [4.78, 5) is 62.4. The van der Waals surface area contributed by atoms with Crippen LogP contribution in [0.1, 0.15) is 260 Å². The molecule has 352 valence electrons. The molecule has 0 saturated carbocycles. The van der Waals surface area contributed by atoms with Crippen molar-refractivity contribution < 1.29 is 42.9 Å². The van der Waals surface area contributed by atoms with E-state index < -0.39 is 54.1 Å². The summed E-state index contributed by atoms with van der Waals surface area (Å²) in [6.45, 7) is 9.25. The van der Waals surface area contributed by atoms with E-state index in [0.717, 1.165) is 44.9 Å². The third-order valence-corrected chi connectivity index (χ3v) is 11.4. The van der Waals surface area contributed by atoms with Crippen LogP contribution in [0.5, 0.6) is 0 Å². The Hall–Kier alpha value is -2.65. The maximum Gasteiger partial charge on any atom is 0.303 e. The van der Waals surface area contributed by atoms with Crippen molar-refractivity contribution in [3.05, 3.63) is 0 Å². The second-order valence-electron chi connectivity index (χ2n) is 17.4. The molecule has 0 aromatic carbocycles. The number of rotatable bonds is 43. The lowest BCUT2D eigenvalue weighted by atomic mass is 9.98. The standard InChI is InChI=1S/C50H93NO9/c1-7-9-11-13-15-17-19-21-23-25-27-29-31-33-35-37-39-47(58-43(4)53)49(60-45(6)55)46(41-57-42(3)52)51-50(56)48(59-44(5)54)40-38-36-34-32-30-28-26-24-22-20-18-16-14-12-10-8-2/h46-49H,7-41H2,1-6H3,(H,51,56). The molecule has 0 rings (SSSR count). The maximum atomic E-state index is 13.7. The van der Waals surface area contributed by atoms with Gasteiger partial charge in [0.1, 0.15) is 18.8 Å². The van der Waals surface area contributed by atoms with Gasteiger partial charge in [-0.2, -0.15) is 0 Å². The van der Waals surface area contributed by atoms with Gasteiger partial charge >= 0.3 is 23.9 Å². The minimum atomic E-state index is -1.13. The molecule has 1 N–H and O–H groups in total. The zero-order chi connectivity index (χ0) is 44.5. The molecular formula is C50H93NO9. The molecule has 1 amide bonds. The van der Waals surface area contributed by atoms with Crippen molar-refractivity contribution in [2.24, 2.45) is 0 Å². The highest BCUT2D eigenvalue weighted by Gasteiger charge is 2.38. The SMILES string of the molecule is CCCCCCCCCCCCCCCCCCC(OC(C)=O)C(=O)NC(COC(C)=O)C(OC(C)=O)C(CCCCCCCCCCCCCCCCCC)OC(C)=O. The summed E-state index contributed by atoms with van der Waals surface area (Å²) >= 11 is 0. The van der Waals surface area contributed by atoms with E-state index in [2.05, 4.69) is 19.2 Å². The second kappa shape index (κ2) is 41.7. The predicted octanol–water partition coefficient (Wildman–Crippen LogP) is 13.1. The summed E-state index contributed by atoms with van der Waals surface area (Å²) in [6.07, 6.45) is 37.0. The van der Waals surface area contributed by atoms with Gasteiger partial charge in [0.25, 0.3) is 5.91 Å². The van der Waals surface area contributed by atoms with Crippen molar-refractivity contribution in [2.75, 3.05) is 6.61 Å². The molecule has 10 heteroatoms. The Labute approximate surface area is 367 Å². The fourth-order valence-electron chi connectivity index (χ4n) is 8.03. The van der Waals surface area contributed by atoms with Crippen LogP contribution in [-0.4, -0.2) is 60.7 Å². The Kier molecular flexibility index (Phi) is 39.8. The summed E-state index contributed by atoms with van der Waals surface area (Å²) in [7, 11) is 0. The average molecular weight is 852 g/mol. The summed E-state index contributed by atoms with van der Waals surface area (Å²) < 4.78 is 22.2. The Morgan fingerprint density at radius 2 is 0.700 bits per heavy atom. The summed E-state index contributed by atoms with van der Waals surface area (Å²) in [5.41, 5.74) is 0. The number of carbonyl (C=O) groups excluding carboxylic acids is 5. The van der Waals surface area contributed by atoms with Crippen molar-refractivity contribution in [2.45, 2.75) is 284 Å². The van der Waals surface area contributed by atoms with Gasteiger partial charge in [0.05, 0.1) is 0 Å². The third kappa shape index (κ3) is 37.1. The van der Waals surface area contributed by atoms with Gasteiger partial charge in [-0.25, -0.2) is 0 Å². The number of hydrogen-bond donors (Lipinski definition) is 1. The molecular weight excluding hydrogens is 759 g/mol. The molecule has 0 aromatic rings. The molecule has 0 spiro atoms. The molecule has 60 heavy (non-hydrogen) atoms. The van der Waals surface area contributed by atoms with Gasteiger partial charge in [-0.15, -0.1) is 0 Å². The molecule has 0 fully saturated rings. The molecule has 4 unspecified atom stereocenters. The van der Waals surface area contributed by atoms with Gasteiger partial charge in [-0.05, 0) is 25.7 Å². The van der Waals surface area contributed by atoms with Gasteiger partial charge in [0.15, 0.2) is 12.2 Å². The zero-order valence-corrected chi connectivity index (χ0v) is 39.7. The van der Waals surface area contributed by atoms with E-state index in [1.807, 2.05) is 0 Å². The van der Waals surface area contributed by atoms with E-state index in [9.17, 15) is 24.0 Å². The molecule has 0 saturated heterocycles. The Morgan fingerprint density at radius 1 is 0.383 bits per heavy atom. The topological polar surface area (TPSA) is 134 Å². The smallest absolute Gasteiger partial charge is 0.303 e. The van der Waals surface area contributed by atoms with Gasteiger partial charge in [-0.1, -0.05) is 206 Å². The first-order valence-electron chi connectivity index (χ1n) is 25.0. The first-order valence-corrected chi connectivity index (χ1v) is 25.0. The molecule has 0 aliphatic heterocycles. The van der Waals surface area contributed by atoms with Gasteiger partial charge < -0.3 is 24.3 Å². The fraction of sp³-hybridized carbons (Fsp3) is 0.900. The number of nitrogens with one attached hydrogen (secondary N) is 1. The molecule has 0 bridgehead atoms. The summed E-state index contributed by atoms with van der Waals surface area (Å²) in [5, 5.41) is 2.84. The normalized spacial score (nSPS) is 13.2. The number of amides is 1. The fourth-order valence-corrected chi connectivity index (χ4v) is 8.03. The number of ether oxygens (including phenoxy) is 4. The monoisotopic (exact) mass is 852 g/mol. The maximum absolute atomic E-state index is 13.7. The lowest BCUT2D eigenvalue weighted by Gasteiger charge is -2.33. The number of unbranched alkanes of at least 4 members (excludes halogenated alkanes) is 30. The van der Waals surface area contributed by atoms with Crippen LogP contribution in [0.3, 0.4) is 0 Å². The minimum absolute atomic E-state index is 0.318. The van der Waals surface area contributed by atoms with Gasteiger partial charge in [-0.3, -0.25) is 24.0 Å². The van der Waals surface area contributed by atoms with Crippen LogP contribution in [0.15, 0.2) is 0 Å². The molecule has 0 heterocycles. The second-order valence-corrected chi connectivity index (χ2v) is 17.4. The average Bonchev–Trinajstić information content (AvgIpc) is 3.19. The Balaban J connectivity index is 4.99. The van der Waals surface area contributed by atoms with E-state index in [4.69, 9.17) is 18.9 Å². The number of hydrogen-bond acceptors (Lipinski definition) is 9. The zero-order valence-electron chi connectivity index (χ0n) is 39.7.